The van der Waals surface area contributed by atoms with Gasteiger partial charge in [-0.3, -0.25) is 9.59 Å². The van der Waals surface area contributed by atoms with Crippen molar-refractivity contribution in [1.29, 1.82) is 0 Å². The van der Waals surface area contributed by atoms with Gasteiger partial charge in [0.2, 0.25) is 5.91 Å². The van der Waals surface area contributed by atoms with Crippen LogP contribution in [0.1, 0.15) is 17.5 Å². The molecule has 8 heteroatoms. The van der Waals surface area contributed by atoms with Crippen molar-refractivity contribution >= 4 is 33.0 Å². The molecule has 2 aromatic carbocycles. The molecule has 1 aliphatic rings. The molecule has 142 valence electrons. The number of carbonyl (C=O) groups excluding carboxylic acids is 2. The van der Waals surface area contributed by atoms with E-state index in [9.17, 15) is 18.0 Å². The number of sulfone groups is 1. The Morgan fingerprint density at radius 2 is 1.96 bits per heavy atom. The highest BCUT2D eigenvalue weighted by atomic mass is 32.2. The zero-order chi connectivity index (χ0) is 19.6. The van der Waals surface area contributed by atoms with Gasteiger partial charge in [0.05, 0.1) is 16.3 Å². The van der Waals surface area contributed by atoms with Gasteiger partial charge < -0.3 is 15.4 Å². The number of hydrogen-bond donors (Lipinski definition) is 2. The molecule has 0 radical (unpaired) electrons. The fourth-order valence-corrected chi connectivity index (χ4v) is 4.03. The minimum absolute atomic E-state index is 0.0337. The first-order valence-corrected chi connectivity index (χ1v) is 10.1. The molecule has 2 N–H and O–H groups in total. The van der Waals surface area contributed by atoms with Gasteiger partial charge >= 0.3 is 0 Å². The molecule has 0 aliphatic carbocycles. The van der Waals surface area contributed by atoms with E-state index in [1.165, 1.54) is 18.2 Å². The lowest BCUT2D eigenvalue weighted by Gasteiger charge is -2.18. The summed E-state index contributed by atoms with van der Waals surface area (Å²) in [5.41, 5.74) is 2.97. The molecule has 0 unspecified atom stereocenters. The molecular weight excluding hydrogens is 368 g/mol. The molecule has 0 spiro atoms. The summed E-state index contributed by atoms with van der Waals surface area (Å²) in [4.78, 5) is 23.6. The third kappa shape index (κ3) is 4.46. The summed E-state index contributed by atoms with van der Waals surface area (Å²) < 4.78 is 30.3. The van der Waals surface area contributed by atoms with Crippen LogP contribution in [-0.2, 0) is 19.4 Å². The van der Waals surface area contributed by atoms with Gasteiger partial charge in [-0.1, -0.05) is 17.7 Å². The maximum atomic E-state index is 12.5. The second kappa shape index (κ2) is 7.40. The van der Waals surface area contributed by atoms with Crippen LogP contribution in [0, 0.1) is 13.8 Å². The molecule has 1 heterocycles. The molecule has 0 fully saturated rings. The number of fused-ring (bicyclic) bond motifs is 1. The van der Waals surface area contributed by atoms with Crippen LogP contribution in [0.15, 0.2) is 41.3 Å². The summed E-state index contributed by atoms with van der Waals surface area (Å²) in [6.45, 7) is 3.73. The molecule has 0 saturated heterocycles. The topological polar surface area (TPSA) is 102 Å². The largest absolute Gasteiger partial charge is 0.482 e. The van der Waals surface area contributed by atoms with Gasteiger partial charge in [0.15, 0.2) is 16.4 Å². The predicted octanol–water partition coefficient (Wildman–Crippen LogP) is 2.44. The Morgan fingerprint density at radius 3 is 2.70 bits per heavy atom. The quantitative estimate of drug-likeness (QED) is 0.819. The van der Waals surface area contributed by atoms with Crippen molar-refractivity contribution in [3.05, 3.63) is 47.5 Å². The molecule has 1 aliphatic heterocycles. The van der Waals surface area contributed by atoms with Crippen LogP contribution in [0.25, 0.3) is 0 Å². The van der Waals surface area contributed by atoms with Gasteiger partial charge in [0.1, 0.15) is 5.75 Å². The summed E-state index contributed by atoms with van der Waals surface area (Å²) in [6, 6.07) is 9.87. The number of amides is 2. The van der Waals surface area contributed by atoms with Crippen molar-refractivity contribution in [2.45, 2.75) is 25.2 Å². The van der Waals surface area contributed by atoms with Crippen LogP contribution < -0.4 is 15.4 Å². The number of aryl methyl sites for hydroxylation is 2. The van der Waals surface area contributed by atoms with E-state index >= 15 is 0 Å². The number of hydrogen-bond acceptors (Lipinski definition) is 5. The van der Waals surface area contributed by atoms with E-state index in [1.54, 1.807) is 6.07 Å². The number of anilines is 2. The van der Waals surface area contributed by atoms with Crippen LogP contribution in [0.3, 0.4) is 0 Å². The number of rotatable bonds is 5. The molecule has 27 heavy (non-hydrogen) atoms. The van der Waals surface area contributed by atoms with E-state index in [0.29, 0.717) is 17.1 Å². The highest BCUT2D eigenvalue weighted by molar-refractivity contribution is 7.91. The van der Waals surface area contributed by atoms with Crippen molar-refractivity contribution in [3.8, 4) is 5.75 Å². The Morgan fingerprint density at radius 1 is 1.19 bits per heavy atom. The lowest BCUT2D eigenvalue weighted by atomic mass is 10.1. The molecule has 0 saturated carbocycles. The van der Waals surface area contributed by atoms with Gasteiger partial charge in [-0.15, -0.1) is 0 Å². The average Bonchev–Trinajstić information content (AvgIpc) is 2.62. The SMILES string of the molecule is Cc1ccc(NC(=O)CCS(=O)(=O)c2ccc3c(c2)NC(=O)CO3)c(C)c1. The summed E-state index contributed by atoms with van der Waals surface area (Å²) in [6.07, 6.45) is -0.171. The number of ether oxygens (including phenoxy) is 1. The average molecular weight is 388 g/mol. The van der Waals surface area contributed by atoms with E-state index in [0.717, 1.165) is 11.1 Å². The molecule has 7 nitrogen and oxygen atoms in total. The summed E-state index contributed by atoms with van der Waals surface area (Å²) in [7, 11) is -3.68. The monoisotopic (exact) mass is 388 g/mol. The third-order valence-corrected chi connectivity index (χ3v) is 5.91. The molecule has 0 atom stereocenters. The van der Waals surface area contributed by atoms with Gasteiger partial charge in [-0.2, -0.15) is 0 Å². The van der Waals surface area contributed by atoms with Crippen molar-refractivity contribution in [1.82, 2.24) is 0 Å². The van der Waals surface area contributed by atoms with E-state index in [2.05, 4.69) is 10.6 Å². The van der Waals surface area contributed by atoms with E-state index in [-0.39, 0.29) is 35.5 Å². The lowest BCUT2D eigenvalue weighted by Crippen LogP contribution is -2.25. The Bertz CT molecular complexity index is 1010. The summed E-state index contributed by atoms with van der Waals surface area (Å²) in [5.74, 6) is -0.636. The van der Waals surface area contributed by atoms with E-state index in [4.69, 9.17) is 4.74 Å². The summed E-state index contributed by atoms with van der Waals surface area (Å²) in [5, 5.41) is 5.31. The van der Waals surface area contributed by atoms with Crippen molar-refractivity contribution in [3.63, 3.8) is 0 Å². The fraction of sp³-hybridized carbons (Fsp3) is 0.263. The van der Waals surface area contributed by atoms with Crippen LogP contribution in [-0.4, -0.2) is 32.6 Å². The van der Waals surface area contributed by atoms with Gasteiger partial charge in [-0.05, 0) is 43.7 Å². The zero-order valence-electron chi connectivity index (χ0n) is 15.0. The van der Waals surface area contributed by atoms with Gasteiger partial charge in [-0.25, -0.2) is 8.42 Å². The number of benzene rings is 2. The predicted molar refractivity (Wildman–Crippen MR) is 102 cm³/mol. The smallest absolute Gasteiger partial charge is 0.262 e. The Labute approximate surface area is 157 Å². The standard InChI is InChI=1S/C19H20N2O5S/c1-12-3-5-15(13(2)9-12)20-18(22)7-8-27(24,25)14-4-6-17-16(10-14)21-19(23)11-26-17/h3-6,9-10H,7-8,11H2,1-2H3,(H,20,22)(H,21,23). The highest BCUT2D eigenvalue weighted by Gasteiger charge is 2.22. The first-order valence-electron chi connectivity index (χ1n) is 8.41. The zero-order valence-corrected chi connectivity index (χ0v) is 15.9. The van der Waals surface area contributed by atoms with Crippen LogP contribution in [0.5, 0.6) is 5.75 Å². The lowest BCUT2D eigenvalue weighted by molar-refractivity contribution is -0.118. The number of carbonyl (C=O) groups is 2. The number of nitrogens with one attached hydrogen (secondary N) is 2. The Balaban J connectivity index is 1.67. The molecule has 2 amide bonds. The van der Waals surface area contributed by atoms with Crippen molar-refractivity contribution in [2.24, 2.45) is 0 Å². The second-order valence-electron chi connectivity index (χ2n) is 6.43. The molecule has 2 aromatic rings. The summed E-state index contributed by atoms with van der Waals surface area (Å²) >= 11 is 0. The third-order valence-electron chi connectivity index (χ3n) is 4.20. The maximum Gasteiger partial charge on any atom is 0.262 e. The van der Waals surface area contributed by atoms with E-state index in [1.807, 2.05) is 26.0 Å². The molecule has 0 aromatic heterocycles. The molecule has 0 bridgehead atoms. The maximum absolute atomic E-state index is 12.5. The van der Waals surface area contributed by atoms with Crippen LogP contribution in [0.4, 0.5) is 11.4 Å². The van der Waals surface area contributed by atoms with Crippen molar-refractivity contribution < 1.29 is 22.7 Å². The van der Waals surface area contributed by atoms with Crippen LogP contribution in [0.2, 0.25) is 0 Å². The normalized spacial score (nSPS) is 13.3. The van der Waals surface area contributed by atoms with Gasteiger partial charge in [0, 0.05) is 12.1 Å². The van der Waals surface area contributed by atoms with Crippen LogP contribution >= 0.6 is 0 Å². The highest BCUT2D eigenvalue weighted by Crippen LogP contribution is 2.30. The Kier molecular flexibility index (Phi) is 5.18. The molecular formula is C19H20N2O5S. The first-order chi connectivity index (χ1) is 12.7. The Hall–Kier alpha value is -2.87. The first kappa shape index (κ1) is 18.9. The van der Waals surface area contributed by atoms with Gasteiger partial charge in [0.25, 0.3) is 5.91 Å². The minimum Gasteiger partial charge on any atom is -0.482 e. The fourth-order valence-electron chi connectivity index (χ4n) is 2.77. The van der Waals surface area contributed by atoms with Crippen molar-refractivity contribution in [2.75, 3.05) is 23.0 Å². The van der Waals surface area contributed by atoms with E-state index < -0.39 is 9.84 Å². The molecule has 3 rings (SSSR count). The second-order valence-corrected chi connectivity index (χ2v) is 8.54. The minimum atomic E-state index is -3.68.